The third kappa shape index (κ3) is 3.89. The molecular weight excluding hydrogens is 264 g/mol. The van der Waals surface area contributed by atoms with Crippen molar-refractivity contribution in [3.8, 4) is 17.6 Å². The van der Waals surface area contributed by atoms with E-state index in [1.165, 1.54) is 0 Å². The Morgan fingerprint density at radius 2 is 2.10 bits per heavy atom. The maximum atomic E-state index is 9.50. The highest BCUT2D eigenvalue weighted by molar-refractivity contribution is 5.39. The molecule has 0 spiro atoms. The number of hydrogen-bond acceptors (Lipinski definition) is 4. The molecule has 0 heterocycles. The van der Waals surface area contributed by atoms with E-state index >= 15 is 0 Å². The van der Waals surface area contributed by atoms with Gasteiger partial charge in [0, 0.05) is 6.42 Å². The number of nitrogens with zero attached hydrogens (tertiary/aromatic N) is 1. The lowest BCUT2D eigenvalue weighted by molar-refractivity contribution is 0.109. The molecule has 0 aliphatic heterocycles. The summed E-state index contributed by atoms with van der Waals surface area (Å²) in [6.07, 6.45) is 3.65. The molecule has 2 unspecified atom stereocenters. The Balaban J connectivity index is 2.08. The molecule has 1 aromatic rings. The number of rotatable bonds is 6. The molecule has 0 aromatic heterocycles. The minimum absolute atomic E-state index is 0.0547. The largest absolute Gasteiger partial charge is 0.490 e. The van der Waals surface area contributed by atoms with Gasteiger partial charge in [0.25, 0.3) is 0 Å². The zero-order valence-corrected chi connectivity index (χ0v) is 12.9. The summed E-state index contributed by atoms with van der Waals surface area (Å²) in [7, 11) is 0. The average molecular weight is 288 g/mol. The molecule has 114 valence electrons. The quantitative estimate of drug-likeness (QED) is 0.873. The molecule has 0 bridgehead atoms. The van der Waals surface area contributed by atoms with Crippen LogP contribution in [-0.2, 0) is 0 Å². The summed E-state index contributed by atoms with van der Waals surface area (Å²) in [5.74, 6) is 1.55. The first kappa shape index (κ1) is 15.7. The van der Waals surface area contributed by atoms with Gasteiger partial charge in [-0.2, -0.15) is 5.26 Å². The maximum absolute atomic E-state index is 9.50. The molecule has 0 radical (unpaired) electrons. The monoisotopic (exact) mass is 288 g/mol. The predicted octanol–water partition coefficient (Wildman–Crippen LogP) is 3.28. The second-order valence-corrected chi connectivity index (χ2v) is 5.44. The highest BCUT2D eigenvalue weighted by atomic mass is 16.5. The van der Waals surface area contributed by atoms with Gasteiger partial charge in [0.15, 0.2) is 11.5 Å². The number of hydrogen-bond donors (Lipinski definition) is 1. The molecule has 0 saturated heterocycles. The van der Waals surface area contributed by atoms with Gasteiger partial charge >= 0.3 is 0 Å². The summed E-state index contributed by atoms with van der Waals surface area (Å²) in [5.41, 5.74) is -0.446. The van der Waals surface area contributed by atoms with Gasteiger partial charge in [-0.15, -0.1) is 0 Å². The van der Waals surface area contributed by atoms with Crippen molar-refractivity contribution in [2.45, 2.75) is 51.2 Å². The smallest absolute Gasteiger partial charge is 0.161 e. The van der Waals surface area contributed by atoms with E-state index < -0.39 is 5.54 Å². The SMILES string of the molecule is CCNC1(C#N)CCCC(Oc2ccccc2OCC)C1. The second-order valence-electron chi connectivity index (χ2n) is 5.44. The van der Waals surface area contributed by atoms with Crippen molar-refractivity contribution in [3.63, 3.8) is 0 Å². The average Bonchev–Trinajstić information content (AvgIpc) is 2.50. The van der Waals surface area contributed by atoms with Crippen LogP contribution in [-0.4, -0.2) is 24.8 Å². The van der Waals surface area contributed by atoms with Crippen LogP contribution in [0.3, 0.4) is 0 Å². The molecular formula is C17H24N2O2. The molecule has 0 amide bonds. The minimum Gasteiger partial charge on any atom is -0.490 e. The first-order valence-electron chi connectivity index (χ1n) is 7.77. The normalized spacial score (nSPS) is 25.1. The van der Waals surface area contributed by atoms with Crippen LogP contribution >= 0.6 is 0 Å². The zero-order chi connectivity index (χ0) is 15.1. The Labute approximate surface area is 127 Å². The van der Waals surface area contributed by atoms with Crippen molar-refractivity contribution >= 4 is 0 Å². The molecule has 2 atom stereocenters. The summed E-state index contributed by atoms with van der Waals surface area (Å²) in [6.45, 7) is 5.41. The van der Waals surface area contributed by atoms with Crippen LogP contribution in [0, 0.1) is 11.3 Å². The van der Waals surface area contributed by atoms with Crippen molar-refractivity contribution < 1.29 is 9.47 Å². The number of para-hydroxylation sites is 2. The van der Waals surface area contributed by atoms with Gasteiger partial charge in [-0.05, 0) is 44.9 Å². The fourth-order valence-corrected chi connectivity index (χ4v) is 2.97. The Hall–Kier alpha value is -1.73. The van der Waals surface area contributed by atoms with E-state index in [9.17, 15) is 5.26 Å². The highest BCUT2D eigenvalue weighted by Gasteiger charge is 2.37. The van der Waals surface area contributed by atoms with Crippen LogP contribution in [0.4, 0.5) is 0 Å². The second kappa shape index (κ2) is 7.33. The third-order valence-electron chi connectivity index (χ3n) is 3.88. The highest BCUT2D eigenvalue weighted by Crippen LogP contribution is 2.34. The van der Waals surface area contributed by atoms with Crippen molar-refractivity contribution in [2.24, 2.45) is 0 Å². The van der Waals surface area contributed by atoms with Crippen LogP contribution in [0.15, 0.2) is 24.3 Å². The van der Waals surface area contributed by atoms with Gasteiger partial charge < -0.3 is 9.47 Å². The summed E-state index contributed by atoms with van der Waals surface area (Å²) >= 11 is 0. The van der Waals surface area contributed by atoms with Gasteiger partial charge in [-0.3, -0.25) is 5.32 Å². The van der Waals surface area contributed by atoms with E-state index in [1.807, 2.05) is 38.1 Å². The maximum Gasteiger partial charge on any atom is 0.161 e. The van der Waals surface area contributed by atoms with Crippen LogP contribution in [0.25, 0.3) is 0 Å². The fourth-order valence-electron chi connectivity index (χ4n) is 2.97. The molecule has 21 heavy (non-hydrogen) atoms. The number of nitrogens with one attached hydrogen (secondary N) is 1. The number of nitriles is 1. The zero-order valence-electron chi connectivity index (χ0n) is 12.9. The van der Waals surface area contributed by atoms with Crippen LogP contribution in [0.1, 0.15) is 39.5 Å². The van der Waals surface area contributed by atoms with E-state index in [-0.39, 0.29) is 6.10 Å². The molecule has 1 N–H and O–H groups in total. The molecule has 2 rings (SSSR count). The topological polar surface area (TPSA) is 54.3 Å². The van der Waals surface area contributed by atoms with Crippen molar-refractivity contribution in [2.75, 3.05) is 13.2 Å². The first-order chi connectivity index (χ1) is 10.2. The Bertz CT molecular complexity index is 494. The molecule has 1 aliphatic carbocycles. The lowest BCUT2D eigenvalue weighted by Gasteiger charge is -2.36. The van der Waals surface area contributed by atoms with Crippen LogP contribution < -0.4 is 14.8 Å². The lowest BCUT2D eigenvalue weighted by atomic mass is 9.81. The Morgan fingerprint density at radius 3 is 2.76 bits per heavy atom. The summed E-state index contributed by atoms with van der Waals surface area (Å²) in [4.78, 5) is 0. The van der Waals surface area contributed by atoms with Gasteiger partial charge in [0.2, 0.25) is 0 Å². The minimum atomic E-state index is -0.446. The summed E-state index contributed by atoms with van der Waals surface area (Å²) < 4.78 is 11.7. The van der Waals surface area contributed by atoms with E-state index in [4.69, 9.17) is 9.47 Å². The molecule has 1 fully saturated rings. The number of ether oxygens (including phenoxy) is 2. The standard InChI is InChI=1S/C17H24N2O2/c1-3-19-17(13-18)11-7-8-14(12-17)21-16-10-6-5-9-15(16)20-4-2/h5-6,9-10,14,19H,3-4,7-8,11-12H2,1-2H3. The van der Waals surface area contributed by atoms with Crippen molar-refractivity contribution in [1.82, 2.24) is 5.32 Å². The lowest BCUT2D eigenvalue weighted by Crippen LogP contribution is -2.49. The van der Waals surface area contributed by atoms with Crippen molar-refractivity contribution in [1.29, 1.82) is 5.26 Å². The van der Waals surface area contributed by atoms with E-state index in [0.717, 1.165) is 43.7 Å². The third-order valence-corrected chi connectivity index (χ3v) is 3.88. The van der Waals surface area contributed by atoms with Gasteiger partial charge in [-0.25, -0.2) is 0 Å². The van der Waals surface area contributed by atoms with E-state index in [1.54, 1.807) is 0 Å². The summed E-state index contributed by atoms with van der Waals surface area (Å²) in [6, 6.07) is 10.2. The van der Waals surface area contributed by atoms with E-state index in [2.05, 4.69) is 11.4 Å². The Kier molecular flexibility index (Phi) is 5.46. The molecule has 1 saturated carbocycles. The summed E-state index contributed by atoms with van der Waals surface area (Å²) in [5, 5.41) is 12.8. The van der Waals surface area contributed by atoms with Crippen LogP contribution in [0.5, 0.6) is 11.5 Å². The van der Waals surface area contributed by atoms with Gasteiger partial charge in [0.1, 0.15) is 11.6 Å². The molecule has 4 nitrogen and oxygen atoms in total. The Morgan fingerprint density at radius 1 is 1.33 bits per heavy atom. The predicted molar refractivity (Wildman–Crippen MR) is 82.5 cm³/mol. The van der Waals surface area contributed by atoms with Gasteiger partial charge in [-0.1, -0.05) is 19.1 Å². The van der Waals surface area contributed by atoms with Gasteiger partial charge in [0.05, 0.1) is 12.7 Å². The van der Waals surface area contributed by atoms with Crippen molar-refractivity contribution in [3.05, 3.63) is 24.3 Å². The molecule has 1 aliphatic rings. The fraction of sp³-hybridized carbons (Fsp3) is 0.588. The molecule has 1 aromatic carbocycles. The molecule has 4 heteroatoms. The first-order valence-corrected chi connectivity index (χ1v) is 7.77. The van der Waals surface area contributed by atoms with E-state index in [0.29, 0.717) is 6.61 Å². The van der Waals surface area contributed by atoms with Crippen LogP contribution in [0.2, 0.25) is 0 Å². The number of benzene rings is 1.